The largest absolute Gasteiger partial charge is 0.493 e. The summed E-state index contributed by atoms with van der Waals surface area (Å²) in [5, 5.41) is 3.02. The van der Waals surface area contributed by atoms with Gasteiger partial charge in [-0.3, -0.25) is 9.59 Å². The lowest BCUT2D eigenvalue weighted by molar-refractivity contribution is -0.140. The summed E-state index contributed by atoms with van der Waals surface area (Å²) in [5.41, 5.74) is 3.31. The van der Waals surface area contributed by atoms with Crippen LogP contribution < -0.4 is 14.8 Å². The van der Waals surface area contributed by atoms with Gasteiger partial charge in [-0.15, -0.1) is 0 Å². The van der Waals surface area contributed by atoms with E-state index in [1.54, 1.807) is 42.3 Å². The Labute approximate surface area is 234 Å². The van der Waals surface area contributed by atoms with E-state index >= 15 is 0 Å². The number of nitrogens with one attached hydrogen (secondary N) is 1. The van der Waals surface area contributed by atoms with Crippen LogP contribution in [0.25, 0.3) is 0 Å². The Morgan fingerprint density at radius 2 is 1.35 bits per heavy atom. The molecule has 0 aromatic heterocycles. The number of amides is 2. The third-order valence-corrected chi connectivity index (χ3v) is 6.65. The molecule has 0 unspecified atom stereocenters. The third-order valence-electron chi connectivity index (χ3n) is 6.65. The van der Waals surface area contributed by atoms with Gasteiger partial charge < -0.3 is 19.7 Å². The Hall–Kier alpha value is -4.65. The van der Waals surface area contributed by atoms with E-state index in [0.29, 0.717) is 24.5 Å². The molecular weight excluding hydrogens is 507 g/mol. The second-order valence-electron chi connectivity index (χ2n) is 9.42. The third kappa shape index (κ3) is 7.69. The molecule has 4 rings (SSSR count). The van der Waals surface area contributed by atoms with E-state index in [0.717, 1.165) is 22.3 Å². The number of carbonyl (C=O) groups is 2. The summed E-state index contributed by atoms with van der Waals surface area (Å²) in [4.78, 5) is 29.3. The number of ether oxygens (including phenoxy) is 2. The van der Waals surface area contributed by atoms with Crippen molar-refractivity contribution in [3.63, 3.8) is 0 Å². The minimum absolute atomic E-state index is 0.0405. The minimum Gasteiger partial charge on any atom is -0.493 e. The van der Waals surface area contributed by atoms with Gasteiger partial charge in [-0.1, -0.05) is 78.9 Å². The standard InChI is InChI=1S/C33H33FN2O4/c1-39-30-18-15-27(20-31(30)40-2)21-32(37)36(23-26-13-16-28(34)17-14-26)29(19-24-9-5-3-6-10-24)33(38)35-22-25-11-7-4-8-12-25/h3-18,20,29H,19,21-23H2,1-2H3,(H,35,38)/t29-/m1/s1. The quantitative estimate of drug-likeness (QED) is 0.263. The number of nitrogens with zero attached hydrogens (tertiary/aromatic N) is 1. The highest BCUT2D eigenvalue weighted by molar-refractivity contribution is 5.89. The lowest BCUT2D eigenvalue weighted by Gasteiger charge is -2.32. The lowest BCUT2D eigenvalue weighted by Crippen LogP contribution is -2.50. The first-order valence-electron chi connectivity index (χ1n) is 13.1. The average molecular weight is 541 g/mol. The molecule has 0 aliphatic rings. The predicted octanol–water partition coefficient (Wildman–Crippen LogP) is 5.34. The summed E-state index contributed by atoms with van der Waals surface area (Å²) < 4.78 is 24.4. The number of carbonyl (C=O) groups excluding carboxylic acids is 2. The molecule has 206 valence electrons. The van der Waals surface area contributed by atoms with Crippen LogP contribution in [0.5, 0.6) is 11.5 Å². The molecule has 0 saturated carbocycles. The van der Waals surface area contributed by atoms with Crippen LogP contribution in [0.2, 0.25) is 0 Å². The van der Waals surface area contributed by atoms with Gasteiger partial charge in [0.15, 0.2) is 11.5 Å². The molecule has 0 fully saturated rings. The van der Waals surface area contributed by atoms with Crippen molar-refractivity contribution in [2.45, 2.75) is 32.0 Å². The van der Waals surface area contributed by atoms with Crippen molar-refractivity contribution in [3.05, 3.63) is 131 Å². The second-order valence-corrected chi connectivity index (χ2v) is 9.42. The molecule has 0 heterocycles. The smallest absolute Gasteiger partial charge is 0.243 e. The van der Waals surface area contributed by atoms with Crippen LogP contribution in [-0.4, -0.2) is 37.0 Å². The van der Waals surface area contributed by atoms with Gasteiger partial charge in [-0.2, -0.15) is 0 Å². The zero-order valence-corrected chi connectivity index (χ0v) is 22.7. The van der Waals surface area contributed by atoms with Crippen LogP contribution in [0.3, 0.4) is 0 Å². The molecule has 1 N–H and O–H groups in total. The van der Waals surface area contributed by atoms with E-state index in [4.69, 9.17) is 9.47 Å². The van der Waals surface area contributed by atoms with Crippen molar-refractivity contribution in [2.24, 2.45) is 0 Å². The van der Waals surface area contributed by atoms with Crippen molar-refractivity contribution in [1.29, 1.82) is 0 Å². The number of halogens is 1. The molecule has 7 heteroatoms. The van der Waals surface area contributed by atoms with E-state index in [-0.39, 0.29) is 30.6 Å². The zero-order valence-electron chi connectivity index (χ0n) is 22.7. The topological polar surface area (TPSA) is 67.9 Å². The molecule has 4 aromatic carbocycles. The molecule has 0 radical (unpaired) electrons. The van der Waals surface area contributed by atoms with Gasteiger partial charge in [0, 0.05) is 19.5 Å². The minimum atomic E-state index is -0.802. The zero-order chi connectivity index (χ0) is 28.3. The Balaban J connectivity index is 1.66. The Bertz CT molecular complexity index is 1400. The second kappa shape index (κ2) is 13.9. The summed E-state index contributed by atoms with van der Waals surface area (Å²) in [6.45, 7) is 0.474. The van der Waals surface area contributed by atoms with Gasteiger partial charge in [0.25, 0.3) is 0 Å². The maximum Gasteiger partial charge on any atom is 0.243 e. The molecule has 1 atom stereocenters. The Kier molecular flexibility index (Phi) is 9.88. The van der Waals surface area contributed by atoms with Crippen LogP contribution in [0.4, 0.5) is 4.39 Å². The fourth-order valence-electron chi connectivity index (χ4n) is 4.51. The molecule has 0 aliphatic carbocycles. The van der Waals surface area contributed by atoms with Crippen LogP contribution in [0.1, 0.15) is 22.3 Å². The van der Waals surface area contributed by atoms with Gasteiger partial charge in [0.1, 0.15) is 11.9 Å². The highest BCUT2D eigenvalue weighted by Gasteiger charge is 2.30. The highest BCUT2D eigenvalue weighted by Crippen LogP contribution is 2.28. The predicted molar refractivity (Wildman–Crippen MR) is 152 cm³/mol. The average Bonchev–Trinajstić information content (AvgIpc) is 2.99. The number of hydrogen-bond donors (Lipinski definition) is 1. The van der Waals surface area contributed by atoms with Crippen molar-refractivity contribution in [1.82, 2.24) is 10.2 Å². The molecule has 2 amide bonds. The van der Waals surface area contributed by atoms with Crippen LogP contribution in [-0.2, 0) is 35.5 Å². The molecule has 0 aliphatic heterocycles. The SMILES string of the molecule is COc1ccc(CC(=O)N(Cc2ccc(F)cc2)[C@H](Cc2ccccc2)C(=O)NCc2ccccc2)cc1OC. The van der Waals surface area contributed by atoms with Crippen molar-refractivity contribution < 1.29 is 23.5 Å². The van der Waals surface area contributed by atoms with E-state index in [1.165, 1.54) is 19.2 Å². The highest BCUT2D eigenvalue weighted by atomic mass is 19.1. The molecule has 40 heavy (non-hydrogen) atoms. The molecule has 0 bridgehead atoms. The summed E-state index contributed by atoms with van der Waals surface area (Å²) in [7, 11) is 3.09. The van der Waals surface area contributed by atoms with Crippen molar-refractivity contribution in [2.75, 3.05) is 14.2 Å². The van der Waals surface area contributed by atoms with Crippen LogP contribution in [0.15, 0.2) is 103 Å². The number of rotatable bonds is 12. The van der Waals surface area contributed by atoms with Crippen molar-refractivity contribution in [3.8, 4) is 11.5 Å². The summed E-state index contributed by atoms with van der Waals surface area (Å²) >= 11 is 0. The summed E-state index contributed by atoms with van der Waals surface area (Å²) in [5.74, 6) is 0.194. The van der Waals surface area contributed by atoms with Gasteiger partial charge in [-0.25, -0.2) is 4.39 Å². The van der Waals surface area contributed by atoms with Gasteiger partial charge in [0.05, 0.1) is 20.6 Å². The van der Waals surface area contributed by atoms with Crippen molar-refractivity contribution >= 4 is 11.8 Å². The normalized spacial score (nSPS) is 11.4. The lowest BCUT2D eigenvalue weighted by atomic mass is 10.0. The fraction of sp³-hybridized carbons (Fsp3) is 0.212. The molecule has 0 spiro atoms. The first kappa shape index (κ1) is 28.4. The van der Waals surface area contributed by atoms with Crippen LogP contribution in [0, 0.1) is 5.82 Å². The van der Waals surface area contributed by atoms with E-state index in [9.17, 15) is 14.0 Å². The molecule has 4 aromatic rings. The molecule has 0 saturated heterocycles. The fourth-order valence-corrected chi connectivity index (χ4v) is 4.51. The van der Waals surface area contributed by atoms with Gasteiger partial charge >= 0.3 is 0 Å². The summed E-state index contributed by atoms with van der Waals surface area (Å²) in [6.07, 6.45) is 0.360. The van der Waals surface area contributed by atoms with Gasteiger partial charge in [0.2, 0.25) is 11.8 Å². The summed E-state index contributed by atoms with van der Waals surface area (Å²) in [6, 6.07) is 29.7. The monoisotopic (exact) mass is 540 g/mol. The number of methoxy groups -OCH3 is 2. The first-order chi connectivity index (χ1) is 19.5. The Morgan fingerprint density at radius 1 is 0.750 bits per heavy atom. The van der Waals surface area contributed by atoms with E-state index in [1.807, 2.05) is 60.7 Å². The number of benzene rings is 4. The van der Waals surface area contributed by atoms with Gasteiger partial charge in [-0.05, 0) is 46.5 Å². The maximum absolute atomic E-state index is 13.9. The van der Waals surface area contributed by atoms with E-state index < -0.39 is 6.04 Å². The molecular formula is C33H33FN2O4. The molecule has 6 nitrogen and oxygen atoms in total. The number of hydrogen-bond acceptors (Lipinski definition) is 4. The van der Waals surface area contributed by atoms with Crippen LogP contribution >= 0.6 is 0 Å². The Morgan fingerprint density at radius 3 is 1.98 bits per heavy atom. The van der Waals surface area contributed by atoms with E-state index in [2.05, 4.69) is 5.32 Å². The maximum atomic E-state index is 13.9. The first-order valence-corrected chi connectivity index (χ1v) is 13.1.